The van der Waals surface area contributed by atoms with E-state index in [0.29, 0.717) is 12.1 Å². The van der Waals surface area contributed by atoms with Gasteiger partial charge in [0, 0.05) is 30.1 Å². The summed E-state index contributed by atoms with van der Waals surface area (Å²) in [5.41, 5.74) is 1.77. The van der Waals surface area contributed by atoms with Crippen molar-refractivity contribution >= 4 is 0 Å². The van der Waals surface area contributed by atoms with E-state index in [1.165, 1.54) is 12.3 Å². The summed E-state index contributed by atoms with van der Waals surface area (Å²) in [7, 11) is 0. The van der Waals surface area contributed by atoms with Crippen LogP contribution in [0.5, 0.6) is 0 Å². The van der Waals surface area contributed by atoms with Crippen molar-refractivity contribution in [3.63, 3.8) is 0 Å². The number of pyridine rings is 1. The van der Waals surface area contributed by atoms with E-state index in [2.05, 4.69) is 10.3 Å². The number of benzene rings is 1. The van der Waals surface area contributed by atoms with E-state index in [9.17, 15) is 8.78 Å². The third-order valence-corrected chi connectivity index (χ3v) is 2.64. The first-order valence-corrected chi connectivity index (χ1v) is 5.81. The lowest BCUT2D eigenvalue weighted by Crippen LogP contribution is -2.11. The Labute approximate surface area is 105 Å². The van der Waals surface area contributed by atoms with Crippen LogP contribution < -0.4 is 5.32 Å². The van der Waals surface area contributed by atoms with Crippen LogP contribution in [0.25, 0.3) is 11.1 Å². The standard InChI is InChI=1S/C14H14F2N2/c1-2-17-7-10-6-11(9-18-8-10)12-4-3-5-13(15)14(12)16/h3-6,8-9,17H,2,7H2,1H3. The first-order chi connectivity index (χ1) is 8.72. The van der Waals surface area contributed by atoms with E-state index in [1.807, 2.05) is 13.0 Å². The predicted octanol–water partition coefficient (Wildman–Crippen LogP) is 3.14. The molecule has 0 unspecified atom stereocenters. The molecule has 0 aliphatic rings. The second kappa shape index (κ2) is 5.69. The van der Waals surface area contributed by atoms with Gasteiger partial charge in [0.25, 0.3) is 0 Å². The molecule has 0 atom stereocenters. The molecule has 0 radical (unpaired) electrons. The molecule has 2 rings (SSSR count). The van der Waals surface area contributed by atoms with Crippen molar-refractivity contribution in [2.24, 2.45) is 0 Å². The summed E-state index contributed by atoms with van der Waals surface area (Å²) in [6, 6.07) is 5.96. The molecule has 0 amide bonds. The number of hydrogen-bond acceptors (Lipinski definition) is 2. The van der Waals surface area contributed by atoms with Crippen molar-refractivity contribution < 1.29 is 8.78 Å². The smallest absolute Gasteiger partial charge is 0.166 e. The maximum absolute atomic E-state index is 13.7. The first-order valence-electron chi connectivity index (χ1n) is 5.81. The summed E-state index contributed by atoms with van der Waals surface area (Å²) >= 11 is 0. The minimum Gasteiger partial charge on any atom is -0.313 e. The molecule has 94 valence electrons. The van der Waals surface area contributed by atoms with Gasteiger partial charge in [0.15, 0.2) is 11.6 Å². The van der Waals surface area contributed by atoms with Crippen LogP contribution in [0.2, 0.25) is 0 Å². The van der Waals surface area contributed by atoms with E-state index in [1.54, 1.807) is 12.3 Å². The SMILES string of the molecule is CCNCc1cncc(-c2cccc(F)c2F)c1. The lowest BCUT2D eigenvalue weighted by atomic mass is 10.1. The number of nitrogens with one attached hydrogen (secondary N) is 1. The molecule has 1 N–H and O–H groups in total. The predicted molar refractivity (Wildman–Crippen MR) is 67.0 cm³/mol. The van der Waals surface area contributed by atoms with Gasteiger partial charge in [0.1, 0.15) is 0 Å². The van der Waals surface area contributed by atoms with Crippen molar-refractivity contribution in [3.05, 3.63) is 53.9 Å². The number of rotatable bonds is 4. The quantitative estimate of drug-likeness (QED) is 0.899. The molecule has 2 nitrogen and oxygen atoms in total. The van der Waals surface area contributed by atoms with E-state index >= 15 is 0 Å². The molecule has 1 aromatic heterocycles. The molecule has 1 aromatic carbocycles. The third-order valence-electron chi connectivity index (χ3n) is 2.64. The van der Waals surface area contributed by atoms with Crippen LogP contribution in [0, 0.1) is 11.6 Å². The topological polar surface area (TPSA) is 24.9 Å². The molecule has 4 heteroatoms. The lowest BCUT2D eigenvalue weighted by Gasteiger charge is -2.06. The Morgan fingerprint density at radius 2 is 2.06 bits per heavy atom. The first kappa shape index (κ1) is 12.6. The monoisotopic (exact) mass is 248 g/mol. The van der Waals surface area contributed by atoms with E-state index in [0.717, 1.165) is 18.2 Å². The van der Waals surface area contributed by atoms with Gasteiger partial charge in [-0.05, 0) is 24.2 Å². The van der Waals surface area contributed by atoms with E-state index in [4.69, 9.17) is 0 Å². The molecule has 2 aromatic rings. The Bertz CT molecular complexity index is 541. The van der Waals surface area contributed by atoms with Gasteiger partial charge >= 0.3 is 0 Å². The zero-order valence-electron chi connectivity index (χ0n) is 10.1. The maximum atomic E-state index is 13.7. The van der Waals surface area contributed by atoms with Gasteiger partial charge in [-0.3, -0.25) is 4.98 Å². The molecule has 0 saturated carbocycles. The average molecular weight is 248 g/mol. The normalized spacial score (nSPS) is 10.6. The van der Waals surface area contributed by atoms with Crippen molar-refractivity contribution in [1.82, 2.24) is 10.3 Å². The number of halogens is 2. The fourth-order valence-corrected chi connectivity index (χ4v) is 1.73. The number of aromatic nitrogens is 1. The van der Waals surface area contributed by atoms with Gasteiger partial charge in [-0.25, -0.2) is 8.78 Å². The lowest BCUT2D eigenvalue weighted by molar-refractivity contribution is 0.511. The fourth-order valence-electron chi connectivity index (χ4n) is 1.73. The van der Waals surface area contributed by atoms with Gasteiger partial charge in [-0.15, -0.1) is 0 Å². The summed E-state index contributed by atoms with van der Waals surface area (Å²) in [5, 5.41) is 3.16. The Kier molecular flexibility index (Phi) is 3.99. The van der Waals surface area contributed by atoms with Gasteiger partial charge in [0.2, 0.25) is 0 Å². The number of hydrogen-bond donors (Lipinski definition) is 1. The molecular weight excluding hydrogens is 234 g/mol. The van der Waals surface area contributed by atoms with Crippen LogP contribution in [0.4, 0.5) is 8.78 Å². The molecule has 0 aliphatic heterocycles. The summed E-state index contributed by atoms with van der Waals surface area (Å²) in [5.74, 6) is -1.68. The molecule has 1 heterocycles. The second-order valence-corrected chi connectivity index (χ2v) is 3.96. The minimum absolute atomic E-state index is 0.237. The number of nitrogens with zero attached hydrogens (tertiary/aromatic N) is 1. The summed E-state index contributed by atoms with van der Waals surface area (Å²) in [6.45, 7) is 3.51. The maximum Gasteiger partial charge on any atom is 0.166 e. The highest BCUT2D eigenvalue weighted by molar-refractivity contribution is 5.63. The van der Waals surface area contributed by atoms with Gasteiger partial charge in [-0.1, -0.05) is 19.1 Å². The van der Waals surface area contributed by atoms with Crippen LogP contribution >= 0.6 is 0 Å². The van der Waals surface area contributed by atoms with Crippen molar-refractivity contribution in [1.29, 1.82) is 0 Å². The van der Waals surface area contributed by atoms with Crippen LogP contribution in [-0.4, -0.2) is 11.5 Å². The van der Waals surface area contributed by atoms with Gasteiger partial charge in [0.05, 0.1) is 0 Å². The van der Waals surface area contributed by atoms with E-state index in [-0.39, 0.29) is 5.56 Å². The Morgan fingerprint density at radius 3 is 2.83 bits per heavy atom. The van der Waals surface area contributed by atoms with E-state index < -0.39 is 11.6 Å². The highest BCUT2D eigenvalue weighted by atomic mass is 19.2. The second-order valence-electron chi connectivity index (χ2n) is 3.96. The molecule has 0 saturated heterocycles. The van der Waals surface area contributed by atoms with Gasteiger partial charge in [-0.2, -0.15) is 0 Å². The van der Waals surface area contributed by atoms with Crippen LogP contribution in [0.3, 0.4) is 0 Å². The third kappa shape index (κ3) is 2.71. The molecule has 0 aliphatic carbocycles. The molecule has 18 heavy (non-hydrogen) atoms. The highest BCUT2D eigenvalue weighted by Gasteiger charge is 2.10. The zero-order valence-corrected chi connectivity index (χ0v) is 10.1. The fraction of sp³-hybridized carbons (Fsp3) is 0.214. The summed E-state index contributed by atoms with van der Waals surface area (Å²) < 4.78 is 26.8. The molecular formula is C14H14F2N2. The van der Waals surface area contributed by atoms with Crippen LogP contribution in [0.15, 0.2) is 36.7 Å². The summed E-state index contributed by atoms with van der Waals surface area (Å²) in [4.78, 5) is 4.06. The van der Waals surface area contributed by atoms with Crippen molar-refractivity contribution in [2.75, 3.05) is 6.54 Å². The van der Waals surface area contributed by atoms with Crippen LogP contribution in [-0.2, 0) is 6.54 Å². The highest BCUT2D eigenvalue weighted by Crippen LogP contribution is 2.24. The minimum atomic E-state index is -0.843. The average Bonchev–Trinajstić information content (AvgIpc) is 2.40. The van der Waals surface area contributed by atoms with Crippen molar-refractivity contribution in [3.8, 4) is 11.1 Å². The molecule has 0 fully saturated rings. The Balaban J connectivity index is 2.35. The van der Waals surface area contributed by atoms with Gasteiger partial charge < -0.3 is 5.32 Å². The molecule has 0 spiro atoms. The summed E-state index contributed by atoms with van der Waals surface area (Å²) in [6.07, 6.45) is 3.25. The molecule has 0 bridgehead atoms. The Morgan fingerprint density at radius 1 is 1.22 bits per heavy atom. The largest absolute Gasteiger partial charge is 0.313 e. The zero-order chi connectivity index (χ0) is 13.0. The Hall–Kier alpha value is -1.81. The van der Waals surface area contributed by atoms with Crippen molar-refractivity contribution in [2.45, 2.75) is 13.5 Å². The van der Waals surface area contributed by atoms with Crippen LogP contribution in [0.1, 0.15) is 12.5 Å².